The SMILES string of the molecule is Cc1c(F)ccc([N+](=O)[O-])c1C(=O)C(=O)O. The van der Waals surface area contributed by atoms with Gasteiger partial charge < -0.3 is 5.11 Å². The number of aliphatic carboxylic acids is 1. The summed E-state index contributed by atoms with van der Waals surface area (Å²) in [6, 6.07) is 1.57. The maximum absolute atomic E-state index is 13.1. The van der Waals surface area contributed by atoms with E-state index in [1.807, 2.05) is 0 Å². The Bertz CT molecular complexity index is 497. The molecule has 7 heteroatoms. The molecule has 0 radical (unpaired) electrons. The molecule has 0 amide bonds. The molecule has 1 aromatic carbocycles. The molecule has 1 rings (SSSR count). The van der Waals surface area contributed by atoms with E-state index in [1.54, 1.807) is 0 Å². The van der Waals surface area contributed by atoms with Gasteiger partial charge >= 0.3 is 5.97 Å². The molecule has 0 aromatic heterocycles. The Morgan fingerprint density at radius 3 is 2.44 bits per heavy atom. The number of hydrogen-bond donors (Lipinski definition) is 1. The summed E-state index contributed by atoms with van der Waals surface area (Å²) in [5.74, 6) is -4.23. The standard InChI is InChI=1S/C9H6FNO5/c1-4-5(10)2-3-6(11(15)16)7(4)8(12)9(13)14/h2-3H,1H3,(H,13,14). The number of benzene rings is 1. The highest BCUT2D eigenvalue weighted by molar-refractivity contribution is 6.41. The minimum absolute atomic E-state index is 0.346. The molecule has 0 fully saturated rings. The summed E-state index contributed by atoms with van der Waals surface area (Å²) < 4.78 is 13.1. The number of rotatable bonds is 3. The number of carbonyl (C=O) groups excluding carboxylic acids is 1. The first-order chi connectivity index (χ1) is 7.36. The average molecular weight is 227 g/mol. The fourth-order valence-electron chi connectivity index (χ4n) is 1.22. The molecular weight excluding hydrogens is 221 g/mol. The number of nitrogens with zero attached hydrogens (tertiary/aromatic N) is 1. The van der Waals surface area contributed by atoms with Crippen LogP contribution in [-0.4, -0.2) is 21.8 Å². The number of carboxylic acids is 1. The van der Waals surface area contributed by atoms with E-state index in [9.17, 15) is 24.1 Å². The lowest BCUT2D eigenvalue weighted by molar-refractivity contribution is -0.385. The van der Waals surface area contributed by atoms with Gasteiger partial charge in [0, 0.05) is 11.6 Å². The Morgan fingerprint density at radius 1 is 1.44 bits per heavy atom. The third-order valence-electron chi connectivity index (χ3n) is 1.99. The molecule has 0 aliphatic heterocycles. The van der Waals surface area contributed by atoms with Crippen LogP contribution in [0, 0.1) is 22.9 Å². The van der Waals surface area contributed by atoms with E-state index in [2.05, 4.69) is 0 Å². The zero-order chi connectivity index (χ0) is 12.5. The lowest BCUT2D eigenvalue weighted by Crippen LogP contribution is -2.16. The summed E-state index contributed by atoms with van der Waals surface area (Å²) in [4.78, 5) is 31.2. The van der Waals surface area contributed by atoms with Gasteiger partial charge in [0.1, 0.15) is 11.4 Å². The van der Waals surface area contributed by atoms with Crippen LogP contribution in [0.3, 0.4) is 0 Å². The fourth-order valence-corrected chi connectivity index (χ4v) is 1.22. The zero-order valence-corrected chi connectivity index (χ0v) is 8.06. The number of ketones is 1. The topological polar surface area (TPSA) is 97.5 Å². The highest BCUT2D eigenvalue weighted by atomic mass is 19.1. The molecule has 0 saturated heterocycles. The first kappa shape index (κ1) is 11.8. The van der Waals surface area contributed by atoms with Crippen molar-refractivity contribution in [3.63, 3.8) is 0 Å². The Kier molecular flexibility index (Phi) is 2.98. The average Bonchev–Trinajstić information content (AvgIpc) is 2.20. The fraction of sp³-hybridized carbons (Fsp3) is 0.111. The molecule has 0 spiro atoms. The van der Waals surface area contributed by atoms with Gasteiger partial charge in [0.25, 0.3) is 11.5 Å². The number of hydrogen-bond acceptors (Lipinski definition) is 4. The molecule has 0 heterocycles. The Hall–Kier alpha value is -2.31. The summed E-state index contributed by atoms with van der Waals surface area (Å²) in [5, 5.41) is 19.0. The largest absolute Gasteiger partial charge is 0.475 e. The number of carboxylic acid groups (broad SMARTS) is 1. The Labute approximate surface area is 88.5 Å². The van der Waals surface area contributed by atoms with Crippen LogP contribution >= 0.6 is 0 Å². The number of nitro groups is 1. The van der Waals surface area contributed by atoms with E-state index >= 15 is 0 Å². The third-order valence-corrected chi connectivity index (χ3v) is 1.99. The van der Waals surface area contributed by atoms with Crippen LogP contribution in [0.25, 0.3) is 0 Å². The van der Waals surface area contributed by atoms with E-state index in [1.165, 1.54) is 0 Å². The van der Waals surface area contributed by atoms with Gasteiger partial charge in [0.15, 0.2) is 0 Å². The van der Waals surface area contributed by atoms with Crippen molar-refractivity contribution >= 4 is 17.4 Å². The van der Waals surface area contributed by atoms with Crippen LogP contribution in [0.2, 0.25) is 0 Å². The van der Waals surface area contributed by atoms with Crippen LogP contribution in [0.4, 0.5) is 10.1 Å². The molecule has 0 unspecified atom stereocenters. The van der Waals surface area contributed by atoms with Gasteiger partial charge in [-0.05, 0) is 13.0 Å². The number of nitro benzene ring substituents is 1. The molecule has 6 nitrogen and oxygen atoms in total. The van der Waals surface area contributed by atoms with Gasteiger partial charge in [-0.3, -0.25) is 14.9 Å². The highest BCUT2D eigenvalue weighted by Gasteiger charge is 2.28. The number of Topliss-reactive ketones (excluding diaryl/α,β-unsaturated/α-hetero) is 1. The molecule has 1 aromatic rings. The van der Waals surface area contributed by atoms with Crippen molar-refractivity contribution < 1.29 is 24.0 Å². The van der Waals surface area contributed by atoms with Crippen LogP contribution in [0.5, 0.6) is 0 Å². The molecule has 0 saturated carbocycles. The lowest BCUT2D eigenvalue weighted by Gasteiger charge is -2.03. The molecule has 0 aliphatic carbocycles. The van der Waals surface area contributed by atoms with Crippen LogP contribution < -0.4 is 0 Å². The third kappa shape index (κ3) is 1.88. The second-order valence-electron chi connectivity index (χ2n) is 2.96. The summed E-state index contributed by atoms with van der Waals surface area (Å²) >= 11 is 0. The van der Waals surface area contributed by atoms with Crippen molar-refractivity contribution in [1.29, 1.82) is 0 Å². The van der Waals surface area contributed by atoms with Gasteiger partial charge in [0.2, 0.25) is 0 Å². The van der Waals surface area contributed by atoms with E-state index in [4.69, 9.17) is 5.11 Å². The maximum Gasteiger partial charge on any atom is 0.377 e. The minimum atomic E-state index is -1.86. The molecule has 0 aliphatic rings. The first-order valence-corrected chi connectivity index (χ1v) is 4.07. The highest BCUT2D eigenvalue weighted by Crippen LogP contribution is 2.24. The van der Waals surface area contributed by atoms with E-state index in [0.29, 0.717) is 0 Å². The molecule has 1 N–H and O–H groups in total. The van der Waals surface area contributed by atoms with Gasteiger partial charge in [-0.25, -0.2) is 9.18 Å². The van der Waals surface area contributed by atoms with Gasteiger partial charge in [-0.1, -0.05) is 0 Å². The van der Waals surface area contributed by atoms with Crippen LogP contribution in [0.1, 0.15) is 15.9 Å². The van der Waals surface area contributed by atoms with Gasteiger partial charge in [-0.2, -0.15) is 0 Å². The van der Waals surface area contributed by atoms with Crippen molar-refractivity contribution in [1.82, 2.24) is 0 Å². The second kappa shape index (κ2) is 4.05. The molecule has 0 bridgehead atoms. The van der Waals surface area contributed by atoms with Gasteiger partial charge in [-0.15, -0.1) is 0 Å². The van der Waals surface area contributed by atoms with Crippen LogP contribution in [-0.2, 0) is 4.79 Å². The molecule has 84 valence electrons. The Morgan fingerprint density at radius 2 is 2.00 bits per heavy atom. The van der Waals surface area contributed by atoms with Crippen molar-refractivity contribution in [2.45, 2.75) is 6.92 Å². The molecule has 16 heavy (non-hydrogen) atoms. The normalized spacial score (nSPS) is 9.88. The predicted octanol–water partition coefficient (Wildman–Crippen LogP) is 1.31. The minimum Gasteiger partial charge on any atom is -0.475 e. The summed E-state index contributed by atoms with van der Waals surface area (Å²) in [6.45, 7) is 1.11. The van der Waals surface area contributed by atoms with Crippen molar-refractivity contribution in [3.05, 3.63) is 39.2 Å². The smallest absolute Gasteiger partial charge is 0.377 e. The van der Waals surface area contributed by atoms with E-state index < -0.39 is 33.7 Å². The van der Waals surface area contributed by atoms with Crippen LogP contribution in [0.15, 0.2) is 12.1 Å². The van der Waals surface area contributed by atoms with E-state index in [0.717, 1.165) is 19.1 Å². The Balaban J connectivity index is 3.55. The van der Waals surface area contributed by atoms with Crippen molar-refractivity contribution in [2.24, 2.45) is 0 Å². The number of carbonyl (C=O) groups is 2. The molecule has 0 atom stereocenters. The monoisotopic (exact) mass is 227 g/mol. The summed E-state index contributed by atoms with van der Waals surface area (Å²) in [6.07, 6.45) is 0. The summed E-state index contributed by atoms with van der Waals surface area (Å²) in [5.41, 5.74) is -1.79. The number of halogens is 1. The maximum atomic E-state index is 13.1. The van der Waals surface area contributed by atoms with E-state index in [-0.39, 0.29) is 5.56 Å². The van der Waals surface area contributed by atoms with Crippen molar-refractivity contribution in [3.8, 4) is 0 Å². The van der Waals surface area contributed by atoms with Gasteiger partial charge in [0.05, 0.1) is 4.92 Å². The predicted molar refractivity (Wildman–Crippen MR) is 49.8 cm³/mol. The molecular formula is C9H6FNO5. The lowest BCUT2D eigenvalue weighted by atomic mass is 10.0. The first-order valence-electron chi connectivity index (χ1n) is 4.07. The van der Waals surface area contributed by atoms with Crippen molar-refractivity contribution in [2.75, 3.05) is 0 Å². The quantitative estimate of drug-likeness (QED) is 0.363. The summed E-state index contributed by atoms with van der Waals surface area (Å²) in [7, 11) is 0. The zero-order valence-electron chi connectivity index (χ0n) is 8.06. The second-order valence-corrected chi connectivity index (χ2v) is 2.96.